The average molecular weight is 328 g/mol. The summed E-state index contributed by atoms with van der Waals surface area (Å²) in [6.45, 7) is 15.0. The molecule has 1 aliphatic rings. The van der Waals surface area contributed by atoms with E-state index in [-0.39, 0.29) is 17.4 Å². The standard InChI is InChI=1S/C17H32N2O4/c1-12(2)10-13(18-15(21)23-16(3,4)5)14(20)19-8-9-22-17(6,7)11-19/h12-13H,8-11H2,1-7H3,(H,18,21). The third-order valence-electron chi connectivity index (χ3n) is 3.43. The summed E-state index contributed by atoms with van der Waals surface area (Å²) in [6, 6.07) is -0.571. The average Bonchev–Trinajstić information content (AvgIpc) is 2.32. The highest BCUT2D eigenvalue weighted by Gasteiger charge is 2.34. The van der Waals surface area contributed by atoms with Crippen molar-refractivity contribution in [1.29, 1.82) is 0 Å². The van der Waals surface area contributed by atoms with Crippen LogP contribution in [0.15, 0.2) is 0 Å². The second-order valence-electron chi connectivity index (χ2n) is 8.20. The summed E-state index contributed by atoms with van der Waals surface area (Å²) in [7, 11) is 0. The van der Waals surface area contributed by atoms with Gasteiger partial charge >= 0.3 is 6.09 Å². The van der Waals surface area contributed by atoms with E-state index >= 15 is 0 Å². The molecule has 134 valence electrons. The maximum absolute atomic E-state index is 12.8. The van der Waals surface area contributed by atoms with E-state index in [2.05, 4.69) is 5.32 Å². The molecule has 0 radical (unpaired) electrons. The molecule has 1 fully saturated rings. The molecule has 0 aliphatic carbocycles. The molecule has 1 N–H and O–H groups in total. The van der Waals surface area contributed by atoms with Gasteiger partial charge in [0, 0.05) is 13.1 Å². The molecule has 1 unspecified atom stereocenters. The molecule has 1 heterocycles. The lowest BCUT2D eigenvalue weighted by Crippen LogP contribution is -2.56. The van der Waals surface area contributed by atoms with Gasteiger partial charge in [-0.3, -0.25) is 4.79 Å². The number of hydrogen-bond donors (Lipinski definition) is 1. The number of ether oxygens (including phenoxy) is 2. The number of rotatable bonds is 4. The summed E-state index contributed by atoms with van der Waals surface area (Å²) in [5.41, 5.74) is -0.946. The van der Waals surface area contributed by atoms with Gasteiger partial charge in [-0.25, -0.2) is 4.79 Å². The monoisotopic (exact) mass is 328 g/mol. The molecule has 1 saturated heterocycles. The van der Waals surface area contributed by atoms with Gasteiger partial charge in [-0.05, 0) is 47.0 Å². The molecule has 1 atom stereocenters. The zero-order valence-electron chi connectivity index (χ0n) is 15.6. The summed E-state index contributed by atoms with van der Waals surface area (Å²) in [5.74, 6) is 0.217. The Kier molecular flexibility index (Phi) is 6.45. The van der Waals surface area contributed by atoms with Crippen molar-refractivity contribution in [2.75, 3.05) is 19.7 Å². The Morgan fingerprint density at radius 1 is 1.30 bits per heavy atom. The van der Waals surface area contributed by atoms with Crippen molar-refractivity contribution in [3.05, 3.63) is 0 Å². The number of hydrogen-bond acceptors (Lipinski definition) is 4. The molecule has 1 rings (SSSR count). The van der Waals surface area contributed by atoms with E-state index < -0.39 is 17.7 Å². The van der Waals surface area contributed by atoms with Crippen molar-refractivity contribution in [1.82, 2.24) is 10.2 Å². The molecule has 6 heteroatoms. The van der Waals surface area contributed by atoms with Gasteiger partial charge in [-0.2, -0.15) is 0 Å². The fraction of sp³-hybridized carbons (Fsp3) is 0.882. The zero-order valence-corrected chi connectivity index (χ0v) is 15.6. The maximum Gasteiger partial charge on any atom is 0.408 e. The summed E-state index contributed by atoms with van der Waals surface area (Å²) < 4.78 is 10.9. The molecule has 0 aromatic heterocycles. The molecular formula is C17H32N2O4. The lowest BCUT2D eigenvalue weighted by atomic mass is 10.0. The van der Waals surface area contributed by atoms with Gasteiger partial charge in [0.1, 0.15) is 11.6 Å². The first-order valence-electron chi connectivity index (χ1n) is 8.32. The minimum absolute atomic E-state index is 0.0686. The van der Waals surface area contributed by atoms with Gasteiger partial charge in [-0.15, -0.1) is 0 Å². The Balaban J connectivity index is 2.76. The fourth-order valence-electron chi connectivity index (χ4n) is 2.57. The number of carbonyl (C=O) groups excluding carboxylic acids is 2. The Labute approximate surface area is 139 Å². The van der Waals surface area contributed by atoms with Crippen LogP contribution >= 0.6 is 0 Å². The lowest BCUT2D eigenvalue weighted by Gasteiger charge is -2.39. The highest BCUT2D eigenvalue weighted by molar-refractivity contribution is 5.86. The van der Waals surface area contributed by atoms with Crippen LogP contribution in [0, 0.1) is 5.92 Å². The number of carbonyl (C=O) groups is 2. The van der Waals surface area contributed by atoms with Gasteiger partial charge in [0.2, 0.25) is 5.91 Å². The Hall–Kier alpha value is -1.30. The van der Waals surface area contributed by atoms with Crippen LogP contribution in [0.1, 0.15) is 54.9 Å². The van der Waals surface area contributed by atoms with Crippen molar-refractivity contribution in [2.45, 2.75) is 72.1 Å². The van der Waals surface area contributed by atoms with Crippen LogP contribution in [0.5, 0.6) is 0 Å². The lowest BCUT2D eigenvalue weighted by molar-refractivity contribution is -0.148. The van der Waals surface area contributed by atoms with E-state index in [4.69, 9.17) is 9.47 Å². The van der Waals surface area contributed by atoms with Crippen LogP contribution in [0.2, 0.25) is 0 Å². The Morgan fingerprint density at radius 2 is 1.91 bits per heavy atom. The normalized spacial score (nSPS) is 19.4. The van der Waals surface area contributed by atoms with Crippen LogP contribution in [0.4, 0.5) is 4.79 Å². The van der Waals surface area contributed by atoms with E-state index in [0.29, 0.717) is 26.1 Å². The molecule has 2 amide bonds. The van der Waals surface area contributed by atoms with Gasteiger partial charge in [-0.1, -0.05) is 13.8 Å². The van der Waals surface area contributed by atoms with Crippen molar-refractivity contribution >= 4 is 12.0 Å². The summed E-state index contributed by atoms with van der Waals surface area (Å²) in [4.78, 5) is 26.6. The number of alkyl carbamates (subject to hydrolysis) is 1. The smallest absolute Gasteiger partial charge is 0.408 e. The van der Waals surface area contributed by atoms with Crippen LogP contribution in [-0.2, 0) is 14.3 Å². The molecule has 6 nitrogen and oxygen atoms in total. The largest absolute Gasteiger partial charge is 0.444 e. The van der Waals surface area contributed by atoms with E-state index in [9.17, 15) is 9.59 Å². The van der Waals surface area contributed by atoms with E-state index in [1.54, 1.807) is 25.7 Å². The van der Waals surface area contributed by atoms with Crippen molar-refractivity contribution < 1.29 is 19.1 Å². The second kappa shape index (κ2) is 7.51. The molecule has 0 bridgehead atoms. The van der Waals surface area contributed by atoms with E-state index in [1.165, 1.54) is 0 Å². The highest BCUT2D eigenvalue weighted by Crippen LogP contribution is 2.19. The van der Waals surface area contributed by atoms with Crippen LogP contribution in [0.25, 0.3) is 0 Å². The molecule has 0 aromatic carbocycles. The molecule has 0 saturated carbocycles. The van der Waals surface area contributed by atoms with Crippen LogP contribution < -0.4 is 5.32 Å². The number of amides is 2. The highest BCUT2D eigenvalue weighted by atomic mass is 16.6. The van der Waals surface area contributed by atoms with Gasteiger partial charge in [0.25, 0.3) is 0 Å². The van der Waals surface area contributed by atoms with E-state index in [0.717, 1.165) is 0 Å². The summed E-state index contributed by atoms with van der Waals surface area (Å²) in [6.07, 6.45) is 0.0274. The van der Waals surface area contributed by atoms with Crippen molar-refractivity contribution in [2.24, 2.45) is 5.92 Å². The SMILES string of the molecule is CC(C)CC(NC(=O)OC(C)(C)C)C(=O)N1CCOC(C)(C)C1. The zero-order chi connectivity index (χ0) is 17.8. The number of nitrogens with one attached hydrogen (secondary N) is 1. The fourth-order valence-corrected chi connectivity index (χ4v) is 2.57. The predicted octanol–water partition coefficient (Wildman–Crippen LogP) is 2.56. The van der Waals surface area contributed by atoms with Gasteiger partial charge in [0.15, 0.2) is 0 Å². The third kappa shape index (κ3) is 7.20. The first kappa shape index (κ1) is 19.7. The van der Waals surface area contributed by atoms with Crippen LogP contribution in [0.3, 0.4) is 0 Å². The maximum atomic E-state index is 12.8. The minimum Gasteiger partial charge on any atom is -0.444 e. The van der Waals surface area contributed by atoms with Gasteiger partial charge < -0.3 is 19.7 Å². The van der Waals surface area contributed by atoms with Crippen molar-refractivity contribution in [3.63, 3.8) is 0 Å². The predicted molar refractivity (Wildman–Crippen MR) is 89.2 cm³/mol. The van der Waals surface area contributed by atoms with E-state index in [1.807, 2.05) is 27.7 Å². The number of nitrogens with zero attached hydrogens (tertiary/aromatic N) is 1. The summed E-state index contributed by atoms with van der Waals surface area (Å²) >= 11 is 0. The molecule has 0 aromatic rings. The Bertz CT molecular complexity index is 427. The first-order chi connectivity index (χ1) is 10.4. The number of morpholine rings is 1. The first-order valence-corrected chi connectivity index (χ1v) is 8.32. The summed E-state index contributed by atoms with van der Waals surface area (Å²) in [5, 5.41) is 2.74. The second-order valence-corrected chi connectivity index (χ2v) is 8.20. The molecule has 1 aliphatic heterocycles. The quantitative estimate of drug-likeness (QED) is 0.861. The topological polar surface area (TPSA) is 67.9 Å². The minimum atomic E-state index is -0.587. The Morgan fingerprint density at radius 3 is 2.39 bits per heavy atom. The van der Waals surface area contributed by atoms with Gasteiger partial charge in [0.05, 0.1) is 12.2 Å². The van der Waals surface area contributed by atoms with Crippen molar-refractivity contribution in [3.8, 4) is 0 Å². The molecular weight excluding hydrogens is 296 g/mol. The third-order valence-corrected chi connectivity index (χ3v) is 3.43. The molecule has 0 spiro atoms. The molecule has 23 heavy (non-hydrogen) atoms. The van der Waals surface area contributed by atoms with Crippen LogP contribution in [-0.4, -0.2) is 53.8 Å².